The molecule has 7 nitrogen and oxygen atoms in total. The second-order valence-electron chi connectivity index (χ2n) is 8.29. The molecule has 2 amide bonds. The molecule has 0 saturated carbocycles. The number of nitrogens with zero attached hydrogens (tertiary/aromatic N) is 3. The van der Waals surface area contributed by atoms with Gasteiger partial charge in [0.15, 0.2) is 5.69 Å². The highest BCUT2D eigenvalue weighted by Gasteiger charge is 2.28. The predicted molar refractivity (Wildman–Crippen MR) is 133 cm³/mol. The van der Waals surface area contributed by atoms with Gasteiger partial charge in [0.25, 0.3) is 5.91 Å². The van der Waals surface area contributed by atoms with Gasteiger partial charge in [-0.15, -0.1) is 0 Å². The van der Waals surface area contributed by atoms with Gasteiger partial charge in [-0.2, -0.15) is 5.10 Å². The molecule has 0 unspecified atom stereocenters. The molecule has 1 heterocycles. The van der Waals surface area contributed by atoms with Crippen LogP contribution in [0.3, 0.4) is 0 Å². The highest BCUT2D eigenvalue weighted by atomic mass is 35.5. The maximum Gasteiger partial charge on any atom is 0.275 e. The summed E-state index contributed by atoms with van der Waals surface area (Å²) in [5.41, 5.74) is 3.93. The Hall–Kier alpha value is -3.32. The second-order valence-corrected chi connectivity index (χ2v) is 8.73. The Balaban J connectivity index is 1.60. The van der Waals surface area contributed by atoms with Gasteiger partial charge in [-0.25, -0.2) is 4.68 Å². The number of aromatic nitrogens is 2. The number of amides is 2. The molecule has 0 saturated heterocycles. The van der Waals surface area contributed by atoms with E-state index < -0.39 is 0 Å². The number of halogens is 1. The Labute approximate surface area is 204 Å². The van der Waals surface area contributed by atoms with E-state index in [4.69, 9.17) is 21.4 Å². The molecule has 8 heteroatoms. The molecule has 1 aromatic heterocycles. The topological polar surface area (TPSA) is 76.5 Å². The van der Waals surface area contributed by atoms with Crippen LogP contribution in [-0.2, 0) is 17.6 Å². The van der Waals surface area contributed by atoms with Crippen molar-refractivity contribution in [2.24, 2.45) is 0 Å². The molecule has 34 heavy (non-hydrogen) atoms. The Morgan fingerprint density at radius 3 is 2.56 bits per heavy atom. The van der Waals surface area contributed by atoms with Crippen LogP contribution >= 0.6 is 11.6 Å². The van der Waals surface area contributed by atoms with E-state index in [9.17, 15) is 9.59 Å². The Bertz CT molecular complexity index is 1170. The fourth-order valence-corrected chi connectivity index (χ4v) is 4.46. The molecule has 0 spiro atoms. The van der Waals surface area contributed by atoms with Crippen LogP contribution in [0.2, 0.25) is 5.02 Å². The number of likely N-dealkylation sites (N-methyl/N-ethyl adjacent to an activating group) is 1. The van der Waals surface area contributed by atoms with Crippen LogP contribution < -0.4 is 10.1 Å². The van der Waals surface area contributed by atoms with Gasteiger partial charge in [0.05, 0.1) is 18.5 Å². The summed E-state index contributed by atoms with van der Waals surface area (Å²) in [4.78, 5) is 27.9. The molecule has 3 aromatic rings. The van der Waals surface area contributed by atoms with Crippen molar-refractivity contribution in [3.05, 3.63) is 70.5 Å². The summed E-state index contributed by atoms with van der Waals surface area (Å²) in [5, 5.41) is 8.25. The lowest BCUT2D eigenvalue weighted by molar-refractivity contribution is -0.116. The molecule has 2 aromatic carbocycles. The van der Waals surface area contributed by atoms with Gasteiger partial charge >= 0.3 is 0 Å². The van der Waals surface area contributed by atoms with Crippen LogP contribution in [0.4, 0.5) is 5.69 Å². The first-order valence-electron chi connectivity index (χ1n) is 11.6. The zero-order chi connectivity index (χ0) is 24.1. The van der Waals surface area contributed by atoms with Crippen LogP contribution in [0.5, 0.6) is 5.75 Å². The van der Waals surface area contributed by atoms with Gasteiger partial charge in [0, 0.05) is 22.8 Å². The molecule has 0 aliphatic heterocycles. The lowest BCUT2D eigenvalue weighted by atomic mass is 10.1. The molecule has 0 bridgehead atoms. The van der Waals surface area contributed by atoms with Crippen molar-refractivity contribution >= 4 is 29.1 Å². The zero-order valence-electron chi connectivity index (χ0n) is 19.5. The quantitative estimate of drug-likeness (QED) is 0.488. The maximum atomic E-state index is 13.6. The van der Waals surface area contributed by atoms with E-state index in [1.165, 1.54) is 4.90 Å². The van der Waals surface area contributed by atoms with Gasteiger partial charge in [-0.05, 0) is 69.0 Å². The summed E-state index contributed by atoms with van der Waals surface area (Å²) in [6, 6.07) is 14.7. The first-order chi connectivity index (χ1) is 16.5. The maximum absolute atomic E-state index is 13.6. The standard InChI is InChI=1S/C26H29ClN4O3/c1-3-30(17-24(32)28-21-10-7-8-12-23(21)34-2)26(33)25-20-9-5-4-6-11-22(20)31(29-25)19-15-13-18(27)14-16-19/h7-8,10,12-16H,3-6,9,11,17H2,1-2H3,(H,28,32). The number of carbonyl (C=O) groups is 2. The molecule has 0 atom stereocenters. The molecular weight excluding hydrogens is 452 g/mol. The lowest BCUT2D eigenvalue weighted by Gasteiger charge is -2.20. The number of ether oxygens (including phenoxy) is 1. The Morgan fingerprint density at radius 1 is 1.09 bits per heavy atom. The van der Waals surface area contributed by atoms with Crippen LogP contribution in [0.25, 0.3) is 5.69 Å². The van der Waals surface area contributed by atoms with Gasteiger partial charge in [0.1, 0.15) is 12.3 Å². The molecule has 1 aliphatic rings. The molecule has 4 rings (SSSR count). The molecule has 1 N–H and O–H groups in total. The van der Waals surface area contributed by atoms with Gasteiger partial charge < -0.3 is 15.0 Å². The number of carbonyl (C=O) groups excluding carboxylic acids is 2. The predicted octanol–water partition coefficient (Wildman–Crippen LogP) is 4.90. The van der Waals surface area contributed by atoms with E-state index in [-0.39, 0.29) is 18.4 Å². The smallest absolute Gasteiger partial charge is 0.275 e. The number of benzene rings is 2. The third-order valence-electron chi connectivity index (χ3n) is 6.09. The fourth-order valence-electron chi connectivity index (χ4n) is 4.33. The Morgan fingerprint density at radius 2 is 1.82 bits per heavy atom. The van der Waals surface area contributed by atoms with E-state index in [1.54, 1.807) is 19.2 Å². The monoisotopic (exact) mass is 480 g/mol. The minimum Gasteiger partial charge on any atom is -0.495 e. The largest absolute Gasteiger partial charge is 0.495 e. The zero-order valence-corrected chi connectivity index (χ0v) is 20.3. The third-order valence-corrected chi connectivity index (χ3v) is 6.34. The molecular formula is C26H29ClN4O3. The third kappa shape index (κ3) is 5.09. The van der Waals surface area contributed by atoms with Crippen molar-refractivity contribution in [2.75, 3.05) is 25.5 Å². The summed E-state index contributed by atoms with van der Waals surface area (Å²) in [6.07, 6.45) is 4.84. The van der Waals surface area contributed by atoms with E-state index in [2.05, 4.69) is 5.32 Å². The SMILES string of the molecule is CCN(CC(=O)Nc1ccccc1OC)C(=O)c1nn(-c2ccc(Cl)cc2)c2c1CCCCC2. The molecule has 0 radical (unpaired) electrons. The van der Waals surface area contributed by atoms with Crippen molar-refractivity contribution in [2.45, 2.75) is 39.0 Å². The normalized spacial score (nSPS) is 13.0. The van der Waals surface area contributed by atoms with Crippen molar-refractivity contribution in [3.8, 4) is 11.4 Å². The summed E-state index contributed by atoms with van der Waals surface area (Å²) in [5.74, 6) is 0.0451. The number of methoxy groups -OCH3 is 1. The van der Waals surface area contributed by atoms with E-state index in [1.807, 2.05) is 48.0 Å². The summed E-state index contributed by atoms with van der Waals surface area (Å²) in [7, 11) is 1.55. The van der Waals surface area contributed by atoms with Crippen LogP contribution in [0.1, 0.15) is 47.9 Å². The molecule has 178 valence electrons. The minimum absolute atomic E-state index is 0.0735. The highest BCUT2D eigenvalue weighted by molar-refractivity contribution is 6.30. The first-order valence-corrected chi connectivity index (χ1v) is 12.0. The van der Waals surface area contributed by atoms with Gasteiger partial charge in [0.2, 0.25) is 5.91 Å². The molecule has 1 aliphatic carbocycles. The summed E-state index contributed by atoms with van der Waals surface area (Å²) < 4.78 is 7.17. The number of hydrogen-bond acceptors (Lipinski definition) is 4. The second kappa shape index (κ2) is 10.7. The van der Waals surface area contributed by atoms with Crippen molar-refractivity contribution < 1.29 is 14.3 Å². The van der Waals surface area contributed by atoms with E-state index >= 15 is 0 Å². The average molecular weight is 481 g/mol. The lowest BCUT2D eigenvalue weighted by Crippen LogP contribution is -2.38. The first kappa shape index (κ1) is 23.8. The number of hydrogen-bond donors (Lipinski definition) is 1. The number of fused-ring (bicyclic) bond motifs is 1. The number of anilines is 1. The van der Waals surface area contributed by atoms with Crippen LogP contribution in [0.15, 0.2) is 48.5 Å². The minimum atomic E-state index is -0.289. The van der Waals surface area contributed by atoms with Crippen LogP contribution in [-0.4, -0.2) is 46.7 Å². The number of rotatable bonds is 7. The highest BCUT2D eigenvalue weighted by Crippen LogP contribution is 2.28. The summed E-state index contributed by atoms with van der Waals surface area (Å²) >= 11 is 6.07. The van der Waals surface area contributed by atoms with Crippen molar-refractivity contribution in [3.63, 3.8) is 0 Å². The Kier molecular flexibility index (Phi) is 7.53. The van der Waals surface area contributed by atoms with Gasteiger partial charge in [-0.1, -0.05) is 30.2 Å². The van der Waals surface area contributed by atoms with E-state index in [0.717, 1.165) is 49.0 Å². The number of para-hydroxylation sites is 2. The van der Waals surface area contributed by atoms with E-state index in [0.29, 0.717) is 28.7 Å². The van der Waals surface area contributed by atoms with Crippen molar-refractivity contribution in [1.82, 2.24) is 14.7 Å². The van der Waals surface area contributed by atoms with Gasteiger partial charge in [-0.3, -0.25) is 9.59 Å². The number of nitrogens with one attached hydrogen (secondary N) is 1. The molecule has 0 fully saturated rings. The summed E-state index contributed by atoms with van der Waals surface area (Å²) in [6.45, 7) is 2.18. The van der Waals surface area contributed by atoms with Crippen molar-refractivity contribution in [1.29, 1.82) is 0 Å². The fraction of sp³-hybridized carbons (Fsp3) is 0.346. The average Bonchev–Trinajstić information content (AvgIpc) is 3.03. The van der Waals surface area contributed by atoms with Crippen LogP contribution in [0, 0.1) is 0 Å².